The fraction of sp³-hybridized carbons (Fsp3) is 0.278. The fourth-order valence-corrected chi connectivity index (χ4v) is 5.86. The van der Waals surface area contributed by atoms with E-state index in [1.165, 1.54) is 36.8 Å². The van der Waals surface area contributed by atoms with Crippen LogP contribution in [0.5, 0.6) is 0 Å². The van der Waals surface area contributed by atoms with Gasteiger partial charge in [0.25, 0.3) is 0 Å². The standard InChI is InChI=1S/C36H36N6/c1-25-10-14-27(15-11-25)31-23-33(39-35(37-31)41-18-3-4-19-41)29-8-7-9-30(22-29)34-24-32(28-16-12-26(2)13-17-28)38-36(40-34)42-20-5-6-21-42/h7-17,22-24H,3-6,18-21H2,1-2H3. The van der Waals surface area contributed by atoms with Crippen LogP contribution >= 0.6 is 0 Å². The van der Waals surface area contributed by atoms with Gasteiger partial charge in [-0.15, -0.1) is 0 Å². The van der Waals surface area contributed by atoms with Crippen molar-refractivity contribution >= 4 is 11.9 Å². The van der Waals surface area contributed by atoms with Gasteiger partial charge in [-0.05, 0) is 57.7 Å². The molecule has 2 aliphatic heterocycles. The largest absolute Gasteiger partial charge is 0.341 e. The zero-order valence-electron chi connectivity index (χ0n) is 24.4. The number of nitrogens with zero attached hydrogens (tertiary/aromatic N) is 6. The Morgan fingerprint density at radius 1 is 0.429 bits per heavy atom. The van der Waals surface area contributed by atoms with E-state index in [1.54, 1.807) is 0 Å². The lowest BCUT2D eigenvalue weighted by Gasteiger charge is -2.18. The van der Waals surface area contributed by atoms with Crippen molar-refractivity contribution in [1.82, 2.24) is 19.9 Å². The van der Waals surface area contributed by atoms with Crippen LogP contribution in [0, 0.1) is 13.8 Å². The average molecular weight is 553 g/mol. The second kappa shape index (κ2) is 11.4. The zero-order chi connectivity index (χ0) is 28.5. The quantitative estimate of drug-likeness (QED) is 0.215. The molecule has 2 fully saturated rings. The Balaban J connectivity index is 1.32. The third-order valence-corrected chi connectivity index (χ3v) is 8.36. The van der Waals surface area contributed by atoms with E-state index in [0.29, 0.717) is 0 Å². The van der Waals surface area contributed by atoms with Crippen LogP contribution in [0.3, 0.4) is 0 Å². The maximum Gasteiger partial charge on any atom is 0.226 e. The van der Waals surface area contributed by atoms with Crippen LogP contribution in [0.15, 0.2) is 84.9 Å². The second-order valence-corrected chi connectivity index (χ2v) is 11.6. The van der Waals surface area contributed by atoms with Crippen LogP contribution in [0.1, 0.15) is 36.8 Å². The molecule has 0 aliphatic carbocycles. The molecule has 6 nitrogen and oxygen atoms in total. The number of rotatable bonds is 6. The van der Waals surface area contributed by atoms with E-state index >= 15 is 0 Å². The second-order valence-electron chi connectivity index (χ2n) is 11.6. The van der Waals surface area contributed by atoms with Crippen molar-refractivity contribution in [2.24, 2.45) is 0 Å². The Bertz CT molecular complexity index is 1570. The first-order valence-electron chi connectivity index (χ1n) is 15.1. The minimum Gasteiger partial charge on any atom is -0.341 e. The molecular formula is C36H36N6. The number of aromatic nitrogens is 4. The SMILES string of the molecule is Cc1ccc(-c2cc(-c3cccc(-c4cc(-c5ccc(C)cc5)nc(N5CCCC5)n4)c3)nc(N3CCCC3)n2)cc1. The van der Waals surface area contributed by atoms with Crippen LogP contribution in [0.2, 0.25) is 0 Å². The van der Waals surface area contributed by atoms with Gasteiger partial charge in [0.15, 0.2) is 0 Å². The minimum atomic E-state index is 0.811. The molecule has 0 unspecified atom stereocenters. The van der Waals surface area contributed by atoms with Crippen molar-refractivity contribution in [2.75, 3.05) is 36.0 Å². The number of hydrogen-bond acceptors (Lipinski definition) is 6. The smallest absolute Gasteiger partial charge is 0.226 e. The molecule has 6 heteroatoms. The number of hydrogen-bond donors (Lipinski definition) is 0. The predicted octanol–water partition coefficient (Wildman–Crippen LogP) is 7.75. The van der Waals surface area contributed by atoms with Crippen molar-refractivity contribution < 1.29 is 0 Å². The topological polar surface area (TPSA) is 58.0 Å². The molecular weight excluding hydrogens is 516 g/mol. The molecule has 0 amide bonds. The lowest BCUT2D eigenvalue weighted by molar-refractivity contribution is 0.901. The van der Waals surface area contributed by atoms with E-state index in [-0.39, 0.29) is 0 Å². The Morgan fingerprint density at radius 2 is 0.786 bits per heavy atom. The first-order valence-corrected chi connectivity index (χ1v) is 15.1. The number of anilines is 2. The average Bonchev–Trinajstić information content (AvgIpc) is 3.77. The van der Waals surface area contributed by atoms with Crippen LogP contribution in [-0.4, -0.2) is 46.1 Å². The summed E-state index contributed by atoms with van der Waals surface area (Å²) in [5, 5.41) is 0. The van der Waals surface area contributed by atoms with Gasteiger partial charge in [0.1, 0.15) is 0 Å². The third kappa shape index (κ3) is 5.49. The summed E-state index contributed by atoms with van der Waals surface area (Å²) in [6.07, 6.45) is 4.72. The van der Waals surface area contributed by atoms with Gasteiger partial charge in [0, 0.05) is 48.4 Å². The van der Waals surface area contributed by atoms with Gasteiger partial charge in [-0.25, -0.2) is 19.9 Å². The van der Waals surface area contributed by atoms with Gasteiger partial charge in [-0.3, -0.25) is 0 Å². The van der Waals surface area contributed by atoms with Crippen LogP contribution in [0.25, 0.3) is 45.0 Å². The zero-order valence-corrected chi connectivity index (χ0v) is 24.4. The third-order valence-electron chi connectivity index (χ3n) is 8.36. The number of benzene rings is 3. The lowest BCUT2D eigenvalue weighted by atomic mass is 10.0. The maximum absolute atomic E-state index is 5.09. The summed E-state index contributed by atoms with van der Waals surface area (Å²) in [7, 11) is 0. The Kier molecular flexibility index (Phi) is 7.12. The summed E-state index contributed by atoms with van der Waals surface area (Å²) in [6.45, 7) is 8.22. The maximum atomic E-state index is 5.09. The van der Waals surface area contributed by atoms with Crippen LogP contribution in [0.4, 0.5) is 11.9 Å². The predicted molar refractivity (Wildman–Crippen MR) is 172 cm³/mol. The Hall–Kier alpha value is -4.58. The van der Waals surface area contributed by atoms with Gasteiger partial charge in [0.05, 0.1) is 22.8 Å². The highest BCUT2D eigenvalue weighted by molar-refractivity contribution is 5.76. The van der Waals surface area contributed by atoms with Gasteiger partial charge in [0.2, 0.25) is 11.9 Å². The van der Waals surface area contributed by atoms with E-state index in [4.69, 9.17) is 19.9 Å². The van der Waals surface area contributed by atoms with Gasteiger partial charge >= 0.3 is 0 Å². The summed E-state index contributed by atoms with van der Waals surface area (Å²) in [5.41, 5.74) is 10.6. The molecule has 0 radical (unpaired) electrons. The van der Waals surface area contributed by atoms with Crippen molar-refractivity contribution in [1.29, 1.82) is 0 Å². The molecule has 0 bridgehead atoms. The molecule has 0 atom stereocenters. The molecule has 7 rings (SSSR count). The number of aryl methyl sites for hydroxylation is 2. The molecule has 2 saturated heterocycles. The van der Waals surface area contributed by atoms with E-state index in [2.05, 4.69) is 109 Å². The highest BCUT2D eigenvalue weighted by Gasteiger charge is 2.20. The highest BCUT2D eigenvalue weighted by Crippen LogP contribution is 2.32. The lowest BCUT2D eigenvalue weighted by Crippen LogP contribution is -2.21. The van der Waals surface area contributed by atoms with Gasteiger partial charge in [-0.2, -0.15) is 0 Å². The molecule has 2 aliphatic rings. The first-order chi connectivity index (χ1) is 20.6. The van der Waals surface area contributed by atoms with Crippen molar-refractivity contribution in [3.63, 3.8) is 0 Å². The minimum absolute atomic E-state index is 0.811. The molecule has 210 valence electrons. The summed E-state index contributed by atoms with van der Waals surface area (Å²) in [4.78, 5) is 24.8. The molecule has 5 aromatic rings. The van der Waals surface area contributed by atoms with Crippen LogP contribution in [-0.2, 0) is 0 Å². The van der Waals surface area contributed by atoms with Crippen molar-refractivity contribution in [3.05, 3.63) is 96.1 Å². The molecule has 42 heavy (non-hydrogen) atoms. The normalized spacial score (nSPS) is 15.0. The first kappa shape index (κ1) is 26.3. The van der Waals surface area contributed by atoms with E-state index in [0.717, 1.165) is 83.1 Å². The molecule has 4 heterocycles. The molecule has 0 saturated carbocycles. The summed E-state index contributed by atoms with van der Waals surface area (Å²) in [6, 6.07) is 30.0. The van der Waals surface area contributed by atoms with Crippen LogP contribution < -0.4 is 9.80 Å². The summed E-state index contributed by atoms with van der Waals surface area (Å²) in [5.74, 6) is 1.62. The fourth-order valence-electron chi connectivity index (χ4n) is 5.86. The molecule has 0 spiro atoms. The van der Waals surface area contributed by atoms with Gasteiger partial charge in [-0.1, -0.05) is 77.9 Å². The summed E-state index contributed by atoms with van der Waals surface area (Å²) >= 11 is 0. The Labute approximate surface area is 248 Å². The Morgan fingerprint density at radius 3 is 1.17 bits per heavy atom. The van der Waals surface area contributed by atoms with Crippen molar-refractivity contribution in [3.8, 4) is 45.0 Å². The molecule has 0 N–H and O–H groups in total. The van der Waals surface area contributed by atoms with Gasteiger partial charge < -0.3 is 9.80 Å². The monoisotopic (exact) mass is 552 g/mol. The highest BCUT2D eigenvalue weighted by atomic mass is 15.3. The molecule has 2 aromatic heterocycles. The molecule has 3 aromatic carbocycles. The van der Waals surface area contributed by atoms with Crippen molar-refractivity contribution in [2.45, 2.75) is 39.5 Å². The van der Waals surface area contributed by atoms with E-state index in [9.17, 15) is 0 Å². The van der Waals surface area contributed by atoms with E-state index < -0.39 is 0 Å². The summed E-state index contributed by atoms with van der Waals surface area (Å²) < 4.78 is 0. The van der Waals surface area contributed by atoms with E-state index in [1.807, 2.05) is 0 Å².